The monoisotopic (exact) mass is 256 g/mol. The molecular weight excluding hydrogens is 243 g/mol. The van der Waals surface area contributed by atoms with E-state index in [0.717, 1.165) is 11.1 Å². The Morgan fingerprint density at radius 1 is 0.947 bits per heavy atom. The Morgan fingerprint density at radius 3 is 1.84 bits per heavy atom. The summed E-state index contributed by atoms with van der Waals surface area (Å²) in [5.41, 5.74) is 2.34. The van der Waals surface area contributed by atoms with Crippen molar-refractivity contribution in [1.82, 2.24) is 0 Å². The number of ether oxygens (including phenoxy) is 1. The molecule has 0 saturated heterocycles. The fourth-order valence-corrected chi connectivity index (χ4v) is 1.73. The highest BCUT2D eigenvalue weighted by Crippen LogP contribution is 2.21. The van der Waals surface area contributed by atoms with Crippen molar-refractivity contribution >= 4 is 18.6 Å². The maximum Gasteiger partial charge on any atom is 0.488 e. The van der Waals surface area contributed by atoms with Crippen molar-refractivity contribution < 1.29 is 19.6 Å². The Labute approximate surface area is 111 Å². The lowest BCUT2D eigenvalue weighted by Crippen LogP contribution is -2.29. The summed E-state index contributed by atoms with van der Waals surface area (Å²) in [6, 6.07) is 14.0. The van der Waals surface area contributed by atoms with Crippen LogP contribution in [0.2, 0.25) is 0 Å². The fraction of sp³-hybridized carbons (Fsp3) is 0.0714. The molecule has 4 nitrogen and oxygen atoms in total. The first-order valence-electron chi connectivity index (χ1n) is 5.81. The standard InChI is InChI=1S/C14H13BO4/c1-10(16)19-14-8-4-12(5-9-14)11-2-6-13(7-3-11)15(17)18/h2-9,17-18H,1H3. The van der Waals surface area contributed by atoms with E-state index in [1.807, 2.05) is 12.1 Å². The van der Waals surface area contributed by atoms with Crippen LogP contribution in [0, 0.1) is 0 Å². The normalized spacial score (nSPS) is 10.1. The smallest absolute Gasteiger partial charge is 0.427 e. The summed E-state index contributed by atoms with van der Waals surface area (Å²) in [4.78, 5) is 10.8. The molecule has 96 valence electrons. The predicted molar refractivity (Wildman–Crippen MR) is 73.0 cm³/mol. The second-order valence-corrected chi connectivity index (χ2v) is 4.11. The molecule has 0 aliphatic rings. The largest absolute Gasteiger partial charge is 0.488 e. The first-order valence-corrected chi connectivity index (χ1v) is 5.81. The minimum Gasteiger partial charge on any atom is -0.427 e. The molecule has 2 N–H and O–H groups in total. The second-order valence-electron chi connectivity index (χ2n) is 4.11. The van der Waals surface area contributed by atoms with Crippen molar-refractivity contribution in [3.63, 3.8) is 0 Å². The third-order valence-electron chi connectivity index (χ3n) is 2.66. The van der Waals surface area contributed by atoms with Crippen LogP contribution in [0.3, 0.4) is 0 Å². The van der Waals surface area contributed by atoms with Crippen molar-refractivity contribution in [1.29, 1.82) is 0 Å². The molecule has 2 aromatic carbocycles. The second kappa shape index (κ2) is 5.69. The van der Waals surface area contributed by atoms with Crippen LogP contribution in [0.15, 0.2) is 48.5 Å². The van der Waals surface area contributed by atoms with Gasteiger partial charge in [0.1, 0.15) is 5.75 Å². The van der Waals surface area contributed by atoms with E-state index in [4.69, 9.17) is 14.8 Å². The van der Waals surface area contributed by atoms with Gasteiger partial charge in [0.2, 0.25) is 0 Å². The van der Waals surface area contributed by atoms with Gasteiger partial charge < -0.3 is 14.8 Å². The average Bonchev–Trinajstić information content (AvgIpc) is 2.39. The Bertz CT molecular complexity index is 561. The molecule has 2 aromatic rings. The van der Waals surface area contributed by atoms with Crippen molar-refractivity contribution in [2.24, 2.45) is 0 Å². The summed E-state index contributed by atoms with van der Waals surface area (Å²) in [7, 11) is -1.46. The molecule has 0 amide bonds. The van der Waals surface area contributed by atoms with E-state index >= 15 is 0 Å². The quantitative estimate of drug-likeness (QED) is 0.487. The SMILES string of the molecule is CC(=O)Oc1ccc(-c2ccc(B(O)O)cc2)cc1. The van der Waals surface area contributed by atoms with Crippen molar-refractivity contribution in [2.45, 2.75) is 6.92 Å². The molecule has 19 heavy (non-hydrogen) atoms. The van der Waals surface area contributed by atoms with Crippen LogP contribution in [-0.2, 0) is 4.79 Å². The molecule has 0 aliphatic carbocycles. The third-order valence-corrected chi connectivity index (χ3v) is 2.66. The first-order chi connectivity index (χ1) is 9.06. The van der Waals surface area contributed by atoms with Crippen LogP contribution < -0.4 is 10.2 Å². The molecule has 0 heterocycles. The molecule has 0 saturated carbocycles. The van der Waals surface area contributed by atoms with E-state index in [1.54, 1.807) is 36.4 Å². The summed E-state index contributed by atoms with van der Waals surface area (Å²) in [5, 5.41) is 18.0. The minimum absolute atomic E-state index is 0.353. The zero-order chi connectivity index (χ0) is 13.8. The predicted octanol–water partition coefficient (Wildman–Crippen LogP) is 0.959. The zero-order valence-corrected chi connectivity index (χ0v) is 10.4. The molecule has 0 bridgehead atoms. The van der Waals surface area contributed by atoms with Crippen molar-refractivity contribution in [3.8, 4) is 16.9 Å². The number of esters is 1. The molecule has 0 fully saturated rings. The third kappa shape index (κ3) is 3.43. The number of carbonyl (C=O) groups excluding carboxylic acids is 1. The molecule has 2 rings (SSSR count). The molecule has 0 spiro atoms. The lowest BCUT2D eigenvalue weighted by atomic mass is 9.80. The molecule has 0 unspecified atom stereocenters. The molecule has 0 atom stereocenters. The lowest BCUT2D eigenvalue weighted by molar-refractivity contribution is -0.131. The van der Waals surface area contributed by atoms with Gasteiger partial charge in [-0.15, -0.1) is 0 Å². The van der Waals surface area contributed by atoms with Gasteiger partial charge in [0.25, 0.3) is 0 Å². The van der Waals surface area contributed by atoms with Gasteiger partial charge in [0, 0.05) is 6.92 Å². The molecule has 0 aliphatic heterocycles. The maximum atomic E-state index is 10.8. The Morgan fingerprint density at radius 2 is 1.42 bits per heavy atom. The highest BCUT2D eigenvalue weighted by molar-refractivity contribution is 6.58. The Kier molecular flexibility index (Phi) is 3.99. The van der Waals surface area contributed by atoms with Crippen LogP contribution in [-0.4, -0.2) is 23.1 Å². The van der Waals surface area contributed by atoms with Crippen LogP contribution in [0.25, 0.3) is 11.1 Å². The highest BCUT2D eigenvalue weighted by Gasteiger charge is 2.10. The van der Waals surface area contributed by atoms with E-state index in [9.17, 15) is 4.79 Å². The van der Waals surface area contributed by atoms with Crippen LogP contribution in [0.4, 0.5) is 0 Å². The summed E-state index contributed by atoms with van der Waals surface area (Å²) < 4.78 is 4.95. The summed E-state index contributed by atoms with van der Waals surface area (Å²) >= 11 is 0. The van der Waals surface area contributed by atoms with Crippen LogP contribution in [0.1, 0.15) is 6.92 Å². The lowest BCUT2D eigenvalue weighted by Gasteiger charge is -2.05. The molecule has 0 radical (unpaired) electrons. The summed E-state index contributed by atoms with van der Waals surface area (Å²) in [6.45, 7) is 1.35. The van der Waals surface area contributed by atoms with E-state index in [0.29, 0.717) is 11.2 Å². The van der Waals surface area contributed by atoms with Crippen molar-refractivity contribution in [3.05, 3.63) is 48.5 Å². The van der Waals surface area contributed by atoms with Crippen LogP contribution in [0.5, 0.6) is 5.75 Å². The topological polar surface area (TPSA) is 66.8 Å². The van der Waals surface area contributed by atoms with Gasteiger partial charge in [0.15, 0.2) is 0 Å². The van der Waals surface area contributed by atoms with Gasteiger partial charge in [-0.25, -0.2) is 0 Å². The fourth-order valence-electron chi connectivity index (χ4n) is 1.73. The Balaban J connectivity index is 2.19. The zero-order valence-electron chi connectivity index (χ0n) is 10.4. The number of hydrogen-bond donors (Lipinski definition) is 2. The minimum atomic E-state index is -1.46. The highest BCUT2D eigenvalue weighted by atomic mass is 16.5. The summed E-state index contributed by atoms with van der Waals surface area (Å²) in [6.07, 6.45) is 0. The summed E-state index contributed by atoms with van der Waals surface area (Å²) in [5.74, 6) is 0.146. The number of carbonyl (C=O) groups is 1. The van der Waals surface area contributed by atoms with Gasteiger partial charge >= 0.3 is 13.1 Å². The molecule has 5 heteroatoms. The van der Waals surface area contributed by atoms with E-state index in [2.05, 4.69) is 0 Å². The number of hydrogen-bond acceptors (Lipinski definition) is 4. The number of rotatable bonds is 3. The first kappa shape index (κ1) is 13.3. The van der Waals surface area contributed by atoms with E-state index in [1.165, 1.54) is 6.92 Å². The number of benzene rings is 2. The van der Waals surface area contributed by atoms with Gasteiger partial charge in [-0.2, -0.15) is 0 Å². The molecule has 0 aromatic heterocycles. The van der Waals surface area contributed by atoms with Crippen LogP contribution >= 0.6 is 0 Å². The van der Waals surface area contributed by atoms with Gasteiger partial charge in [-0.05, 0) is 28.7 Å². The van der Waals surface area contributed by atoms with Crippen molar-refractivity contribution in [2.75, 3.05) is 0 Å². The van der Waals surface area contributed by atoms with E-state index < -0.39 is 7.12 Å². The van der Waals surface area contributed by atoms with Gasteiger partial charge in [-0.3, -0.25) is 4.79 Å². The van der Waals surface area contributed by atoms with Gasteiger partial charge in [0.05, 0.1) is 0 Å². The van der Waals surface area contributed by atoms with E-state index in [-0.39, 0.29) is 5.97 Å². The van der Waals surface area contributed by atoms with Gasteiger partial charge in [-0.1, -0.05) is 36.4 Å². The molecular formula is C14H13BO4. The Hall–Kier alpha value is -2.11. The maximum absolute atomic E-state index is 10.8. The average molecular weight is 256 g/mol.